The van der Waals surface area contributed by atoms with Crippen LogP contribution in [0.2, 0.25) is 0 Å². The highest BCUT2D eigenvalue weighted by molar-refractivity contribution is 5.86. The lowest BCUT2D eigenvalue weighted by atomic mass is 9.87. The van der Waals surface area contributed by atoms with Crippen LogP contribution in [0.1, 0.15) is 53.9 Å². The zero-order valence-corrected chi connectivity index (χ0v) is 22.6. The molecule has 1 fully saturated rings. The minimum atomic E-state index is -0.839. The fourth-order valence-electron chi connectivity index (χ4n) is 5.84. The number of nitrogens with zero attached hydrogens (tertiary/aromatic N) is 2. The molecule has 2 amide bonds. The molecule has 1 unspecified atom stereocenters. The highest BCUT2D eigenvalue weighted by Crippen LogP contribution is 2.35. The van der Waals surface area contributed by atoms with Gasteiger partial charge in [0.2, 0.25) is 5.91 Å². The van der Waals surface area contributed by atoms with E-state index in [0.717, 1.165) is 31.4 Å². The third-order valence-electron chi connectivity index (χ3n) is 7.98. The molecule has 6 nitrogen and oxygen atoms in total. The number of likely N-dealkylation sites (tertiary alicyclic amines) is 1. The van der Waals surface area contributed by atoms with E-state index in [9.17, 15) is 14.7 Å². The minimum Gasteiger partial charge on any atom is -0.465 e. The van der Waals surface area contributed by atoms with Crippen LogP contribution in [-0.2, 0) is 11.3 Å². The number of hydrogen-bond acceptors (Lipinski definition) is 2. The topological polar surface area (TPSA) is 74.6 Å². The van der Waals surface area contributed by atoms with Gasteiger partial charge in [-0.15, -0.1) is 0 Å². The van der Waals surface area contributed by atoms with Crippen molar-refractivity contribution in [2.45, 2.75) is 45.1 Å². The maximum atomic E-state index is 13.3. The lowest BCUT2D eigenvalue weighted by Crippen LogP contribution is -2.38. The van der Waals surface area contributed by atoms with Gasteiger partial charge in [0.15, 0.2) is 0 Å². The largest absolute Gasteiger partial charge is 0.465 e. The summed E-state index contributed by atoms with van der Waals surface area (Å²) >= 11 is 0. The molecule has 1 aliphatic rings. The van der Waals surface area contributed by atoms with Crippen molar-refractivity contribution < 1.29 is 14.7 Å². The molecule has 5 rings (SSSR count). The number of aromatic nitrogens is 1. The van der Waals surface area contributed by atoms with Crippen molar-refractivity contribution in [3.05, 3.63) is 107 Å². The van der Waals surface area contributed by atoms with Gasteiger partial charge in [-0.3, -0.25) is 4.79 Å². The van der Waals surface area contributed by atoms with Crippen LogP contribution in [0.5, 0.6) is 0 Å². The fourth-order valence-corrected chi connectivity index (χ4v) is 5.84. The summed E-state index contributed by atoms with van der Waals surface area (Å²) < 4.78 is 2.30. The number of aryl methyl sites for hydroxylation is 1. The van der Waals surface area contributed by atoms with Crippen molar-refractivity contribution in [2.24, 2.45) is 5.92 Å². The molecule has 1 saturated heterocycles. The van der Waals surface area contributed by atoms with E-state index in [2.05, 4.69) is 95.8 Å². The molecule has 0 saturated carbocycles. The second-order valence-electron chi connectivity index (χ2n) is 10.7. The van der Waals surface area contributed by atoms with Crippen LogP contribution in [0.25, 0.3) is 10.9 Å². The summed E-state index contributed by atoms with van der Waals surface area (Å²) in [4.78, 5) is 25.9. The van der Waals surface area contributed by atoms with Crippen molar-refractivity contribution >= 4 is 22.9 Å². The maximum absolute atomic E-state index is 13.3. The van der Waals surface area contributed by atoms with Crippen LogP contribution in [0.15, 0.2) is 85.1 Å². The van der Waals surface area contributed by atoms with E-state index >= 15 is 0 Å². The zero-order valence-electron chi connectivity index (χ0n) is 22.6. The molecule has 202 valence electrons. The molecule has 0 aliphatic carbocycles. The normalized spacial score (nSPS) is 14.8. The van der Waals surface area contributed by atoms with Crippen LogP contribution in [0.3, 0.4) is 0 Å². The number of benzene rings is 3. The van der Waals surface area contributed by atoms with Crippen LogP contribution in [-0.4, -0.2) is 46.2 Å². The number of amides is 2. The Balaban J connectivity index is 1.34. The molecule has 2 heterocycles. The summed E-state index contributed by atoms with van der Waals surface area (Å²) in [6.07, 6.45) is 4.36. The fraction of sp³-hybridized carbons (Fsp3) is 0.333. The molecule has 2 N–H and O–H groups in total. The molecular weight excluding hydrogens is 486 g/mol. The molecule has 39 heavy (non-hydrogen) atoms. The first kappa shape index (κ1) is 26.5. The standard InChI is InChI=1S/C33H37N3O3/c1-24-8-7-11-27(20-24)29(21-32(37)34-17-14-25-15-18-35(19-16-25)33(38)39)30-23-36(22-26-9-3-2-4-10-26)31-13-6-5-12-28(30)31/h2-13,20,23,25,29H,14-19,21-22H2,1H3,(H,34,37)(H,38,39). The predicted octanol–water partition coefficient (Wildman–Crippen LogP) is 6.42. The van der Waals surface area contributed by atoms with Gasteiger partial charge >= 0.3 is 6.09 Å². The molecule has 1 aliphatic heterocycles. The van der Waals surface area contributed by atoms with Crippen molar-refractivity contribution in [3.8, 4) is 0 Å². The summed E-state index contributed by atoms with van der Waals surface area (Å²) in [7, 11) is 0. The average molecular weight is 524 g/mol. The molecule has 6 heteroatoms. The Morgan fingerprint density at radius 1 is 0.974 bits per heavy atom. The molecule has 3 aromatic carbocycles. The summed E-state index contributed by atoms with van der Waals surface area (Å²) in [5.41, 5.74) is 5.90. The van der Waals surface area contributed by atoms with Gasteiger partial charge in [-0.05, 0) is 54.9 Å². The lowest BCUT2D eigenvalue weighted by Gasteiger charge is -2.30. The van der Waals surface area contributed by atoms with E-state index in [1.165, 1.54) is 32.5 Å². The highest BCUT2D eigenvalue weighted by atomic mass is 16.4. The maximum Gasteiger partial charge on any atom is 0.407 e. The van der Waals surface area contributed by atoms with Gasteiger partial charge in [0.25, 0.3) is 0 Å². The highest BCUT2D eigenvalue weighted by Gasteiger charge is 2.24. The van der Waals surface area contributed by atoms with Gasteiger partial charge in [0, 0.05) is 55.6 Å². The van der Waals surface area contributed by atoms with Crippen molar-refractivity contribution in [2.75, 3.05) is 19.6 Å². The summed E-state index contributed by atoms with van der Waals surface area (Å²) in [6.45, 7) is 4.64. The molecule has 0 spiro atoms. The number of fused-ring (bicyclic) bond motifs is 1. The van der Waals surface area contributed by atoms with E-state index < -0.39 is 6.09 Å². The first-order valence-electron chi connectivity index (χ1n) is 13.9. The smallest absolute Gasteiger partial charge is 0.407 e. The summed E-state index contributed by atoms with van der Waals surface area (Å²) in [5.74, 6) is 0.430. The zero-order chi connectivity index (χ0) is 27.2. The Morgan fingerprint density at radius 3 is 2.46 bits per heavy atom. The number of piperidine rings is 1. The second-order valence-corrected chi connectivity index (χ2v) is 10.7. The van der Waals surface area contributed by atoms with E-state index in [0.29, 0.717) is 32.0 Å². The number of nitrogens with one attached hydrogen (secondary N) is 1. The van der Waals surface area contributed by atoms with Crippen LogP contribution < -0.4 is 5.32 Å². The van der Waals surface area contributed by atoms with Crippen molar-refractivity contribution in [3.63, 3.8) is 0 Å². The molecule has 0 radical (unpaired) electrons. The number of rotatable bonds is 9. The van der Waals surface area contributed by atoms with Crippen LogP contribution in [0, 0.1) is 12.8 Å². The monoisotopic (exact) mass is 523 g/mol. The Bertz CT molecular complexity index is 1420. The van der Waals surface area contributed by atoms with Gasteiger partial charge in [-0.2, -0.15) is 0 Å². The van der Waals surface area contributed by atoms with E-state index in [4.69, 9.17) is 0 Å². The van der Waals surface area contributed by atoms with E-state index in [-0.39, 0.29) is 11.8 Å². The Hall–Kier alpha value is -4.06. The second kappa shape index (κ2) is 12.2. The minimum absolute atomic E-state index is 0.0457. The Labute approximate surface area is 230 Å². The van der Waals surface area contributed by atoms with Crippen molar-refractivity contribution in [1.82, 2.24) is 14.8 Å². The predicted molar refractivity (Wildman–Crippen MR) is 155 cm³/mol. The summed E-state index contributed by atoms with van der Waals surface area (Å²) in [5, 5.41) is 13.5. The van der Waals surface area contributed by atoms with E-state index in [1.807, 2.05) is 6.07 Å². The molecule has 0 bridgehead atoms. The van der Waals surface area contributed by atoms with Gasteiger partial charge in [-0.25, -0.2) is 4.79 Å². The molecule has 1 atom stereocenters. The molecular formula is C33H37N3O3. The van der Waals surface area contributed by atoms with Gasteiger partial charge in [0.05, 0.1) is 0 Å². The van der Waals surface area contributed by atoms with E-state index in [1.54, 1.807) is 0 Å². The van der Waals surface area contributed by atoms with Gasteiger partial charge < -0.3 is 19.9 Å². The Morgan fingerprint density at radius 2 is 1.72 bits per heavy atom. The van der Waals surface area contributed by atoms with Crippen molar-refractivity contribution in [1.29, 1.82) is 0 Å². The van der Waals surface area contributed by atoms with Crippen LogP contribution in [0.4, 0.5) is 4.79 Å². The van der Waals surface area contributed by atoms with Gasteiger partial charge in [0.1, 0.15) is 0 Å². The quantitative estimate of drug-likeness (QED) is 0.266. The molecule has 1 aromatic heterocycles. The number of carbonyl (C=O) groups excluding carboxylic acids is 1. The SMILES string of the molecule is Cc1cccc(C(CC(=O)NCCC2CCN(C(=O)O)CC2)c2cn(Cc3ccccc3)c3ccccc23)c1. The number of carbonyl (C=O) groups is 2. The third kappa shape index (κ3) is 6.51. The first-order valence-corrected chi connectivity index (χ1v) is 13.9. The van der Waals surface area contributed by atoms with Crippen LogP contribution >= 0.6 is 0 Å². The summed E-state index contributed by atoms with van der Waals surface area (Å²) in [6, 6.07) is 27.4. The third-order valence-corrected chi connectivity index (χ3v) is 7.98. The molecule has 4 aromatic rings. The van der Waals surface area contributed by atoms with Gasteiger partial charge in [-0.1, -0.05) is 78.4 Å². The Kier molecular flexibility index (Phi) is 8.30. The lowest BCUT2D eigenvalue weighted by molar-refractivity contribution is -0.121. The number of hydrogen-bond donors (Lipinski definition) is 2. The average Bonchev–Trinajstić information content (AvgIpc) is 3.30. The number of para-hydroxylation sites is 1. The first-order chi connectivity index (χ1) is 19.0. The number of carboxylic acid groups (broad SMARTS) is 1.